The predicted molar refractivity (Wildman–Crippen MR) is 35.3 cm³/mol. The zero-order valence-corrected chi connectivity index (χ0v) is 9.72. The van der Waals surface area contributed by atoms with Gasteiger partial charge < -0.3 is 0 Å². The smallest absolute Gasteiger partial charge is 0.209 e. The van der Waals surface area contributed by atoms with Crippen molar-refractivity contribution < 1.29 is 41.8 Å². The number of hydrogen-bond donors (Lipinski definition) is 0. The van der Waals surface area contributed by atoms with Crippen LogP contribution in [0.5, 0.6) is 0 Å². The van der Waals surface area contributed by atoms with E-state index in [2.05, 4.69) is 6.92 Å². The molecule has 0 aliphatic carbocycles. The Hall–Kier alpha value is 1.45. The standard InChI is InChI=1S/C5H11O2P.Y/c1-5-3-6-8(2)7-4-5;/h5H,3-4H2,1-2H3;/p+1. The fourth-order valence-electron chi connectivity index (χ4n) is 0.609. The van der Waals surface area contributed by atoms with Gasteiger partial charge in [-0.15, -0.1) is 0 Å². The summed E-state index contributed by atoms with van der Waals surface area (Å²) in [4.78, 5) is 0. The Labute approximate surface area is 82.5 Å². The molecule has 51 valence electrons. The molecule has 0 aromatic rings. The third-order valence-corrected chi connectivity index (χ3v) is 2.29. The Bertz CT molecular complexity index is 63.4. The van der Waals surface area contributed by atoms with Crippen LogP contribution in [0, 0.1) is 5.92 Å². The Morgan fingerprint density at radius 2 is 1.78 bits per heavy atom. The maximum absolute atomic E-state index is 5.27. The molecule has 1 radical (unpaired) electrons. The maximum Gasteiger partial charge on any atom is 0.260 e. The van der Waals surface area contributed by atoms with Gasteiger partial charge in [0, 0.05) is 38.6 Å². The maximum atomic E-state index is 5.27. The molecule has 0 amide bonds. The van der Waals surface area contributed by atoms with E-state index in [-0.39, 0.29) is 32.7 Å². The summed E-state index contributed by atoms with van der Waals surface area (Å²) in [6, 6.07) is 0. The molecule has 4 heteroatoms. The van der Waals surface area contributed by atoms with Crippen LogP contribution in [0.2, 0.25) is 0 Å². The summed E-state index contributed by atoms with van der Waals surface area (Å²) in [6.45, 7) is 5.94. The monoisotopic (exact) mass is 224 g/mol. The molecule has 1 rings (SSSR count). The van der Waals surface area contributed by atoms with Gasteiger partial charge in [0.15, 0.2) is 0 Å². The van der Waals surface area contributed by atoms with E-state index in [0.717, 1.165) is 13.2 Å². The molecular formula is C5H12O2PY+. The van der Waals surface area contributed by atoms with Gasteiger partial charge in [0.1, 0.15) is 6.66 Å². The minimum Gasteiger partial charge on any atom is -0.209 e. The Balaban J connectivity index is 0.000000640. The van der Waals surface area contributed by atoms with Crippen molar-refractivity contribution in [3.63, 3.8) is 0 Å². The molecule has 0 saturated carbocycles. The van der Waals surface area contributed by atoms with Gasteiger partial charge in [-0.05, 0) is 0 Å². The molecule has 9 heavy (non-hydrogen) atoms. The second-order valence-electron chi connectivity index (χ2n) is 2.22. The van der Waals surface area contributed by atoms with Crippen LogP contribution >= 0.6 is 8.38 Å². The molecule has 0 aromatic carbocycles. The summed E-state index contributed by atoms with van der Waals surface area (Å²) in [5, 5.41) is 0. The van der Waals surface area contributed by atoms with Gasteiger partial charge in [0.25, 0.3) is 8.38 Å². The van der Waals surface area contributed by atoms with Crippen molar-refractivity contribution in [2.75, 3.05) is 19.9 Å². The molecule has 0 bridgehead atoms. The van der Waals surface area contributed by atoms with Crippen LogP contribution in [0.1, 0.15) is 6.92 Å². The molecule has 0 spiro atoms. The molecule has 1 aliphatic heterocycles. The van der Waals surface area contributed by atoms with Crippen molar-refractivity contribution in [2.45, 2.75) is 6.92 Å². The van der Waals surface area contributed by atoms with Crippen LogP contribution in [0.3, 0.4) is 0 Å². The van der Waals surface area contributed by atoms with Crippen molar-refractivity contribution in [1.29, 1.82) is 0 Å². The van der Waals surface area contributed by atoms with Gasteiger partial charge in [-0.1, -0.05) is 6.92 Å². The fraction of sp³-hybridized carbons (Fsp3) is 1.00. The van der Waals surface area contributed by atoms with Crippen molar-refractivity contribution >= 4 is 8.38 Å². The second kappa shape index (κ2) is 5.15. The van der Waals surface area contributed by atoms with Crippen molar-refractivity contribution in [1.82, 2.24) is 0 Å². The van der Waals surface area contributed by atoms with E-state index in [4.69, 9.17) is 9.05 Å². The summed E-state index contributed by atoms with van der Waals surface area (Å²) in [6.07, 6.45) is 0. The summed E-state index contributed by atoms with van der Waals surface area (Å²) >= 11 is 0. The zero-order chi connectivity index (χ0) is 5.98. The first-order valence-corrected chi connectivity index (χ1v) is 4.70. The van der Waals surface area contributed by atoms with Crippen LogP contribution < -0.4 is 0 Å². The average molecular weight is 224 g/mol. The number of rotatable bonds is 0. The minimum absolute atomic E-state index is 0. The molecule has 1 fully saturated rings. The van der Waals surface area contributed by atoms with Crippen LogP contribution in [-0.4, -0.2) is 19.9 Å². The minimum atomic E-state index is -0.826. The first-order valence-electron chi connectivity index (χ1n) is 2.88. The van der Waals surface area contributed by atoms with Crippen LogP contribution in [0.15, 0.2) is 0 Å². The first kappa shape index (κ1) is 10.5. The summed E-state index contributed by atoms with van der Waals surface area (Å²) < 4.78 is 10.5. The second-order valence-corrected chi connectivity index (χ2v) is 3.78. The summed E-state index contributed by atoms with van der Waals surface area (Å²) in [5.41, 5.74) is 0. The summed E-state index contributed by atoms with van der Waals surface area (Å²) in [5.74, 6) is 0.601. The van der Waals surface area contributed by atoms with E-state index >= 15 is 0 Å². The Morgan fingerprint density at radius 1 is 1.33 bits per heavy atom. The average Bonchev–Trinajstić information content (AvgIpc) is 1.77. The van der Waals surface area contributed by atoms with E-state index in [1.165, 1.54) is 0 Å². The van der Waals surface area contributed by atoms with Crippen molar-refractivity contribution in [3.05, 3.63) is 0 Å². The van der Waals surface area contributed by atoms with Crippen LogP contribution in [0.4, 0.5) is 0 Å². The van der Waals surface area contributed by atoms with E-state index in [1.807, 2.05) is 6.66 Å². The molecule has 1 heterocycles. The Kier molecular flexibility index (Phi) is 5.98. The third kappa shape index (κ3) is 4.00. The van der Waals surface area contributed by atoms with Gasteiger partial charge in [-0.2, -0.15) is 0 Å². The molecule has 2 nitrogen and oxygen atoms in total. The number of hydrogen-bond acceptors (Lipinski definition) is 2. The van der Waals surface area contributed by atoms with E-state index in [0.29, 0.717) is 5.92 Å². The van der Waals surface area contributed by atoms with E-state index in [9.17, 15) is 0 Å². The summed E-state index contributed by atoms with van der Waals surface area (Å²) in [7, 11) is -0.826. The van der Waals surface area contributed by atoms with Crippen LogP contribution in [-0.2, 0) is 41.8 Å². The normalized spacial score (nSPS) is 35.3. The van der Waals surface area contributed by atoms with Gasteiger partial charge >= 0.3 is 0 Å². The first-order chi connectivity index (χ1) is 3.79. The molecular weight excluding hydrogens is 212 g/mol. The van der Waals surface area contributed by atoms with Gasteiger partial charge in [0.2, 0.25) is 0 Å². The largest absolute Gasteiger partial charge is 0.260 e. The fourth-order valence-corrected chi connectivity index (χ4v) is 1.73. The zero-order valence-electron chi connectivity index (χ0n) is 5.89. The molecule has 1 aliphatic rings. The van der Waals surface area contributed by atoms with Gasteiger partial charge in [0.05, 0.1) is 13.2 Å². The molecule has 0 atom stereocenters. The van der Waals surface area contributed by atoms with Crippen molar-refractivity contribution in [2.24, 2.45) is 5.92 Å². The van der Waals surface area contributed by atoms with Gasteiger partial charge in [-0.3, -0.25) is 0 Å². The van der Waals surface area contributed by atoms with Crippen molar-refractivity contribution in [3.8, 4) is 0 Å². The van der Waals surface area contributed by atoms with E-state index in [1.54, 1.807) is 0 Å². The molecule has 0 N–H and O–H groups in total. The molecule has 0 aromatic heterocycles. The Morgan fingerprint density at radius 3 is 2.11 bits per heavy atom. The molecule has 0 unspecified atom stereocenters. The van der Waals surface area contributed by atoms with Gasteiger partial charge in [-0.25, -0.2) is 9.05 Å². The molecule has 1 saturated heterocycles. The van der Waals surface area contributed by atoms with E-state index < -0.39 is 8.38 Å². The SMILES string of the molecule is CC1CO[PH+](C)OC1.[Y]. The quantitative estimate of drug-likeness (QED) is 0.578. The predicted octanol–water partition coefficient (Wildman–Crippen LogP) is 1.34. The topological polar surface area (TPSA) is 18.5 Å². The van der Waals surface area contributed by atoms with Crippen LogP contribution in [0.25, 0.3) is 0 Å². The third-order valence-electron chi connectivity index (χ3n) is 1.14.